The van der Waals surface area contributed by atoms with Gasteiger partial charge in [-0.1, -0.05) is 57.0 Å². The van der Waals surface area contributed by atoms with Crippen LogP contribution in [0, 0.1) is 11.8 Å². The maximum Gasteiger partial charge on any atom is 0.315 e. The molecule has 0 heterocycles. The monoisotopic (exact) mass is 358 g/mol. The largest absolute Gasteiger partial charge is 0.334 e. The third-order valence-corrected chi connectivity index (χ3v) is 4.10. The van der Waals surface area contributed by atoms with Crippen molar-refractivity contribution in [1.29, 1.82) is 0 Å². The van der Waals surface area contributed by atoms with E-state index in [9.17, 15) is 9.59 Å². The number of nitrogens with one attached hydrogen (secondary N) is 2. The first kappa shape index (κ1) is 19.8. The number of carbonyl (C=O) groups excluding carboxylic acids is 2. The highest BCUT2D eigenvalue weighted by molar-refractivity contribution is 6.42. The summed E-state index contributed by atoms with van der Waals surface area (Å²) in [4.78, 5) is 24.2. The molecule has 0 saturated heterocycles. The summed E-state index contributed by atoms with van der Waals surface area (Å²) < 4.78 is 0. The fourth-order valence-corrected chi connectivity index (χ4v) is 2.48. The molecule has 0 aliphatic carbocycles. The second-order valence-electron chi connectivity index (χ2n) is 6.31. The molecule has 0 aliphatic rings. The summed E-state index contributed by atoms with van der Waals surface area (Å²) in [5.74, 6) is 0.246. The summed E-state index contributed by atoms with van der Waals surface area (Å²) in [5, 5.41) is 6.42. The second-order valence-corrected chi connectivity index (χ2v) is 7.13. The predicted octanol–water partition coefficient (Wildman–Crippen LogP) is 4.43. The van der Waals surface area contributed by atoms with Crippen molar-refractivity contribution in [3.05, 3.63) is 33.8 Å². The van der Waals surface area contributed by atoms with Crippen molar-refractivity contribution in [2.75, 3.05) is 0 Å². The van der Waals surface area contributed by atoms with Crippen LogP contribution >= 0.6 is 23.2 Å². The van der Waals surface area contributed by atoms with Crippen molar-refractivity contribution in [3.8, 4) is 0 Å². The summed E-state index contributed by atoms with van der Waals surface area (Å²) >= 11 is 11.8. The van der Waals surface area contributed by atoms with Crippen LogP contribution < -0.4 is 10.6 Å². The Morgan fingerprint density at radius 2 is 1.74 bits per heavy atom. The number of amides is 2. The molecule has 128 valence electrons. The minimum atomic E-state index is -0.469. The van der Waals surface area contributed by atoms with Crippen molar-refractivity contribution in [1.82, 2.24) is 10.6 Å². The van der Waals surface area contributed by atoms with E-state index < -0.39 is 6.04 Å². The van der Waals surface area contributed by atoms with Gasteiger partial charge < -0.3 is 10.6 Å². The van der Waals surface area contributed by atoms with E-state index in [1.807, 2.05) is 27.7 Å². The highest BCUT2D eigenvalue weighted by atomic mass is 35.5. The Balaban J connectivity index is 2.61. The molecule has 0 spiro atoms. The van der Waals surface area contributed by atoms with Crippen molar-refractivity contribution < 1.29 is 9.59 Å². The van der Waals surface area contributed by atoms with Gasteiger partial charge in [-0.3, -0.25) is 4.79 Å². The van der Waals surface area contributed by atoms with Crippen LogP contribution in [0.4, 0.5) is 4.79 Å². The van der Waals surface area contributed by atoms with Crippen LogP contribution in [0.25, 0.3) is 0 Å². The third kappa shape index (κ3) is 6.80. The van der Waals surface area contributed by atoms with E-state index in [1.54, 1.807) is 18.2 Å². The van der Waals surface area contributed by atoms with Crippen LogP contribution in [0.5, 0.6) is 0 Å². The first-order valence-corrected chi connectivity index (χ1v) is 8.48. The lowest BCUT2D eigenvalue weighted by Gasteiger charge is -2.21. The number of carbonyl (C=O) groups is 2. The molecule has 2 N–H and O–H groups in total. The van der Waals surface area contributed by atoms with E-state index in [-0.39, 0.29) is 17.7 Å². The quantitative estimate of drug-likeness (QED) is 0.757. The first-order chi connectivity index (χ1) is 10.7. The number of halogens is 2. The maximum atomic E-state index is 12.2. The fourth-order valence-electron chi connectivity index (χ4n) is 2.16. The molecule has 23 heavy (non-hydrogen) atoms. The van der Waals surface area contributed by atoms with Gasteiger partial charge in [-0.2, -0.15) is 0 Å². The maximum absolute atomic E-state index is 12.2. The van der Waals surface area contributed by atoms with E-state index in [2.05, 4.69) is 10.6 Å². The summed E-state index contributed by atoms with van der Waals surface area (Å²) in [6.45, 7) is 8.04. The highest BCUT2D eigenvalue weighted by Crippen LogP contribution is 2.22. The number of urea groups is 1. The molecule has 6 heteroatoms. The Kier molecular flexibility index (Phi) is 7.86. The molecular weight excluding hydrogens is 335 g/mol. The molecule has 0 fully saturated rings. The van der Waals surface area contributed by atoms with Gasteiger partial charge in [0.1, 0.15) is 0 Å². The Labute approximate surface area is 147 Å². The van der Waals surface area contributed by atoms with Gasteiger partial charge in [0.2, 0.25) is 0 Å². The molecule has 2 amide bonds. The molecule has 0 saturated carbocycles. The van der Waals surface area contributed by atoms with E-state index in [0.29, 0.717) is 28.9 Å². The SMILES string of the molecule is CC(C)C[C@H](NC(=O)NCc1ccc(Cl)c(Cl)c1)C(=O)C(C)C. The summed E-state index contributed by atoms with van der Waals surface area (Å²) in [6.07, 6.45) is 0.622. The van der Waals surface area contributed by atoms with Crippen molar-refractivity contribution in [2.45, 2.75) is 46.7 Å². The Bertz CT molecular complexity index is 560. The van der Waals surface area contributed by atoms with Crippen LogP contribution in [0.1, 0.15) is 39.7 Å². The number of ketones is 1. The number of hydrogen-bond acceptors (Lipinski definition) is 2. The van der Waals surface area contributed by atoms with Gasteiger partial charge in [0.05, 0.1) is 16.1 Å². The Morgan fingerprint density at radius 3 is 2.26 bits per heavy atom. The predicted molar refractivity (Wildman–Crippen MR) is 94.9 cm³/mol. The molecule has 4 nitrogen and oxygen atoms in total. The molecule has 1 rings (SSSR count). The van der Waals surface area contributed by atoms with Gasteiger partial charge in [0.25, 0.3) is 0 Å². The van der Waals surface area contributed by atoms with E-state index in [1.165, 1.54) is 0 Å². The summed E-state index contributed by atoms with van der Waals surface area (Å²) in [6, 6.07) is 4.34. The normalized spacial score (nSPS) is 12.3. The molecule has 0 aliphatic heterocycles. The highest BCUT2D eigenvalue weighted by Gasteiger charge is 2.23. The third-order valence-electron chi connectivity index (χ3n) is 3.36. The van der Waals surface area contributed by atoms with Crippen LogP contribution in [0.15, 0.2) is 18.2 Å². The molecule has 0 unspecified atom stereocenters. The second kappa shape index (κ2) is 9.14. The summed E-state index contributed by atoms with van der Waals surface area (Å²) in [7, 11) is 0. The molecule has 0 bridgehead atoms. The van der Waals surface area contributed by atoms with E-state index in [0.717, 1.165) is 5.56 Å². The van der Waals surface area contributed by atoms with Gasteiger partial charge in [0.15, 0.2) is 5.78 Å². The fraction of sp³-hybridized carbons (Fsp3) is 0.529. The van der Waals surface area contributed by atoms with Crippen molar-refractivity contribution in [2.24, 2.45) is 11.8 Å². The molecule has 0 aromatic heterocycles. The van der Waals surface area contributed by atoms with Gasteiger partial charge in [-0.05, 0) is 30.0 Å². The van der Waals surface area contributed by atoms with Crippen LogP contribution in [-0.4, -0.2) is 17.9 Å². The lowest BCUT2D eigenvalue weighted by atomic mass is 9.94. The molecular formula is C17H24Cl2N2O2. The Hall–Kier alpha value is -1.26. The topological polar surface area (TPSA) is 58.2 Å². The van der Waals surface area contributed by atoms with Gasteiger partial charge in [0, 0.05) is 12.5 Å². The number of Topliss-reactive ketones (excluding diaryl/α,β-unsaturated/α-hetero) is 1. The van der Waals surface area contributed by atoms with Crippen LogP contribution in [-0.2, 0) is 11.3 Å². The Morgan fingerprint density at radius 1 is 1.09 bits per heavy atom. The minimum absolute atomic E-state index is 0.0448. The molecule has 0 radical (unpaired) electrons. The van der Waals surface area contributed by atoms with Gasteiger partial charge in [-0.15, -0.1) is 0 Å². The molecule has 1 aromatic carbocycles. The zero-order valence-corrected chi connectivity index (χ0v) is 15.5. The minimum Gasteiger partial charge on any atom is -0.334 e. The van der Waals surface area contributed by atoms with Crippen molar-refractivity contribution >= 4 is 35.0 Å². The summed E-state index contributed by atoms with van der Waals surface area (Å²) in [5.41, 5.74) is 0.838. The van der Waals surface area contributed by atoms with Crippen LogP contribution in [0.3, 0.4) is 0 Å². The molecule has 1 atom stereocenters. The average Bonchev–Trinajstić information content (AvgIpc) is 2.46. The zero-order valence-electron chi connectivity index (χ0n) is 14.0. The number of benzene rings is 1. The average molecular weight is 359 g/mol. The van der Waals surface area contributed by atoms with Crippen molar-refractivity contribution in [3.63, 3.8) is 0 Å². The number of hydrogen-bond donors (Lipinski definition) is 2. The zero-order chi connectivity index (χ0) is 17.6. The standard InChI is InChI=1S/C17H24Cl2N2O2/c1-10(2)7-15(16(22)11(3)4)21-17(23)20-9-12-5-6-13(18)14(19)8-12/h5-6,8,10-11,15H,7,9H2,1-4H3,(H2,20,21,23)/t15-/m0/s1. The van der Waals surface area contributed by atoms with Crippen LogP contribution in [0.2, 0.25) is 10.0 Å². The molecule has 1 aromatic rings. The number of rotatable bonds is 7. The first-order valence-electron chi connectivity index (χ1n) is 7.72. The van der Waals surface area contributed by atoms with E-state index >= 15 is 0 Å². The van der Waals surface area contributed by atoms with Gasteiger partial charge in [-0.25, -0.2) is 4.79 Å². The lowest BCUT2D eigenvalue weighted by Crippen LogP contribution is -2.47. The van der Waals surface area contributed by atoms with E-state index in [4.69, 9.17) is 23.2 Å². The van der Waals surface area contributed by atoms with Gasteiger partial charge >= 0.3 is 6.03 Å². The smallest absolute Gasteiger partial charge is 0.315 e. The lowest BCUT2D eigenvalue weighted by molar-refractivity contribution is -0.124.